The molecule has 0 bridgehead atoms. The lowest BCUT2D eigenvalue weighted by atomic mass is 10.2. The molecule has 2 N–H and O–H groups in total. The normalized spacial score (nSPS) is 13.1. The van der Waals surface area contributed by atoms with Gasteiger partial charge in [0.15, 0.2) is 0 Å². The van der Waals surface area contributed by atoms with Crippen LogP contribution in [-0.4, -0.2) is 42.8 Å². The first-order valence-electron chi connectivity index (χ1n) is 10.7. The van der Waals surface area contributed by atoms with Crippen LogP contribution in [0.2, 0.25) is 0 Å². The first kappa shape index (κ1) is 26.9. The van der Waals surface area contributed by atoms with Crippen LogP contribution in [0, 0.1) is 0 Å². The average Bonchev–Trinajstić information content (AvgIpc) is 2.82. The van der Waals surface area contributed by atoms with Crippen molar-refractivity contribution < 1.29 is 27.9 Å². The summed E-state index contributed by atoms with van der Waals surface area (Å²) in [6, 6.07) is 17.8. The van der Waals surface area contributed by atoms with E-state index in [0.29, 0.717) is 0 Å². The van der Waals surface area contributed by atoms with E-state index in [-0.39, 0.29) is 25.6 Å². The van der Waals surface area contributed by atoms with Gasteiger partial charge in [-0.3, -0.25) is 9.36 Å². The van der Waals surface area contributed by atoms with Gasteiger partial charge in [0.25, 0.3) is 0 Å². The average molecular weight is 495 g/mol. The summed E-state index contributed by atoms with van der Waals surface area (Å²) in [6.45, 7) is 5.38. The monoisotopic (exact) mass is 494 g/mol. The molecule has 2 rings (SSSR count). The van der Waals surface area contributed by atoms with E-state index in [1.54, 1.807) is 20.8 Å². The molecule has 0 aliphatic heterocycles. The molecule has 0 fully saturated rings. The molecule has 2 atom stereocenters. The Morgan fingerprint density at radius 1 is 0.939 bits per heavy atom. The molecular weight excluding hydrogens is 463 g/mol. The Labute approximate surface area is 199 Å². The Bertz CT molecular complexity index is 906. The van der Waals surface area contributed by atoms with Crippen LogP contribution in [-0.2, 0) is 29.8 Å². The topological polar surface area (TPSA) is 103 Å². The summed E-state index contributed by atoms with van der Waals surface area (Å²) >= 11 is 1.41. The highest BCUT2D eigenvalue weighted by Gasteiger charge is 2.35. The van der Waals surface area contributed by atoms with Crippen LogP contribution in [0.5, 0.6) is 0 Å². The van der Waals surface area contributed by atoms with E-state index in [9.17, 15) is 14.2 Å². The second kappa shape index (κ2) is 14.1. The van der Waals surface area contributed by atoms with E-state index in [0.717, 1.165) is 10.5 Å². The summed E-state index contributed by atoms with van der Waals surface area (Å²) in [7, 11) is -3.55. The second-order valence-corrected chi connectivity index (χ2v) is 10.4. The molecule has 0 unspecified atom stereocenters. The Kier molecular flexibility index (Phi) is 11.5. The zero-order valence-electron chi connectivity index (χ0n) is 19.1. The van der Waals surface area contributed by atoms with Gasteiger partial charge in [0.2, 0.25) is 5.91 Å². The fraction of sp³-hybridized carbons (Fsp3) is 0.391. The first-order chi connectivity index (χ1) is 15.9. The van der Waals surface area contributed by atoms with E-state index < -0.39 is 31.4 Å². The number of rotatable bonds is 13. The second-order valence-electron chi connectivity index (χ2n) is 6.94. The van der Waals surface area contributed by atoms with Crippen LogP contribution >= 0.6 is 19.4 Å². The van der Waals surface area contributed by atoms with Gasteiger partial charge in [-0.25, -0.2) is 4.79 Å². The summed E-state index contributed by atoms with van der Waals surface area (Å²) in [5.74, 6) is -1.16. The minimum atomic E-state index is -3.55. The number of hydrogen-bond donors (Lipinski definition) is 2. The van der Waals surface area contributed by atoms with Gasteiger partial charge in [0.1, 0.15) is 18.4 Å². The van der Waals surface area contributed by atoms with Crippen molar-refractivity contribution in [2.24, 2.45) is 0 Å². The summed E-state index contributed by atoms with van der Waals surface area (Å²) < 4.78 is 28.8. The molecule has 0 aromatic heterocycles. The lowest BCUT2D eigenvalue weighted by Gasteiger charge is -2.26. The number of alkyl carbamates (subject to hydrolysis) is 1. The minimum absolute atomic E-state index is 0.0765. The molecule has 0 saturated carbocycles. The van der Waals surface area contributed by atoms with Gasteiger partial charge in [-0.1, -0.05) is 48.5 Å². The van der Waals surface area contributed by atoms with Crippen LogP contribution in [0.4, 0.5) is 4.79 Å². The highest BCUT2D eigenvalue weighted by Crippen LogP contribution is 2.51. The van der Waals surface area contributed by atoms with Crippen molar-refractivity contribution in [2.45, 2.75) is 44.1 Å². The Balaban J connectivity index is 2.05. The molecule has 10 heteroatoms. The summed E-state index contributed by atoms with van der Waals surface area (Å²) in [5.41, 5.74) is 0.829. The molecule has 2 aromatic rings. The highest BCUT2D eigenvalue weighted by atomic mass is 32.2. The minimum Gasteiger partial charge on any atom is -0.445 e. The molecule has 0 saturated heterocycles. The molecule has 33 heavy (non-hydrogen) atoms. The maximum atomic E-state index is 13.0. The zero-order valence-corrected chi connectivity index (χ0v) is 20.8. The number of nitrogens with one attached hydrogen (secondary N) is 2. The van der Waals surface area contributed by atoms with E-state index in [2.05, 4.69) is 10.6 Å². The molecule has 2 amide bonds. The Hall–Kier alpha value is -2.32. The Morgan fingerprint density at radius 2 is 1.52 bits per heavy atom. The largest absolute Gasteiger partial charge is 0.445 e. The molecule has 8 nitrogen and oxygen atoms in total. The third-order valence-corrected chi connectivity index (χ3v) is 7.84. The van der Waals surface area contributed by atoms with Crippen molar-refractivity contribution in [1.82, 2.24) is 10.6 Å². The van der Waals surface area contributed by atoms with Crippen molar-refractivity contribution in [3.8, 4) is 0 Å². The van der Waals surface area contributed by atoms with Crippen molar-refractivity contribution >= 4 is 31.4 Å². The predicted molar refractivity (Wildman–Crippen MR) is 129 cm³/mol. The molecule has 0 aliphatic carbocycles. The van der Waals surface area contributed by atoms with Crippen molar-refractivity contribution in [2.75, 3.05) is 19.0 Å². The van der Waals surface area contributed by atoms with Gasteiger partial charge in [0, 0.05) is 10.6 Å². The number of thioether (sulfide) groups is 1. The van der Waals surface area contributed by atoms with Crippen LogP contribution in [0.25, 0.3) is 0 Å². The van der Waals surface area contributed by atoms with Crippen LogP contribution in [0.1, 0.15) is 26.3 Å². The number of carbonyl (C=O) groups excluding carboxylic acids is 2. The highest BCUT2D eigenvalue weighted by molar-refractivity contribution is 7.99. The predicted octanol–water partition coefficient (Wildman–Crippen LogP) is 4.80. The lowest BCUT2D eigenvalue weighted by Crippen LogP contribution is -2.50. The fourth-order valence-electron chi connectivity index (χ4n) is 2.79. The molecule has 180 valence electrons. The number of ether oxygens (including phenoxy) is 1. The summed E-state index contributed by atoms with van der Waals surface area (Å²) in [4.78, 5) is 26.4. The van der Waals surface area contributed by atoms with E-state index >= 15 is 0 Å². The standard InChI is InChI=1S/C23H31N2O6PS/c1-4-30-32(28,31-5-2)18(3)24-22(26)21(17-33-20-14-10-7-11-15-20)25-23(27)29-16-19-12-8-6-9-13-19/h6-15,18,21H,4-5,16-17H2,1-3H3,(H,24,26)(H,25,27)/t18-,21+/m1/s1. The van der Waals surface area contributed by atoms with E-state index in [1.165, 1.54) is 11.8 Å². The van der Waals surface area contributed by atoms with Crippen molar-refractivity contribution in [1.29, 1.82) is 0 Å². The molecular formula is C23H31N2O6PS. The van der Waals surface area contributed by atoms with Crippen molar-refractivity contribution in [3.05, 3.63) is 66.2 Å². The molecule has 0 heterocycles. The third-order valence-electron chi connectivity index (χ3n) is 4.42. The van der Waals surface area contributed by atoms with Gasteiger partial charge in [-0.05, 0) is 38.5 Å². The number of benzene rings is 2. The van der Waals surface area contributed by atoms with Gasteiger partial charge >= 0.3 is 13.7 Å². The smallest absolute Gasteiger partial charge is 0.408 e. The van der Waals surface area contributed by atoms with Gasteiger partial charge in [-0.2, -0.15) is 0 Å². The SMILES string of the molecule is CCOP(=O)(OCC)[C@H](C)NC(=O)[C@H](CSc1ccccc1)NC(=O)OCc1ccccc1. The number of carbonyl (C=O) groups is 2. The quantitative estimate of drug-likeness (QED) is 0.304. The zero-order chi connectivity index (χ0) is 24.1. The lowest BCUT2D eigenvalue weighted by molar-refractivity contribution is -0.122. The van der Waals surface area contributed by atoms with Crippen LogP contribution < -0.4 is 10.6 Å². The number of hydrogen-bond acceptors (Lipinski definition) is 7. The van der Waals surface area contributed by atoms with Crippen LogP contribution in [0.3, 0.4) is 0 Å². The number of amides is 2. The molecule has 0 spiro atoms. The maximum Gasteiger partial charge on any atom is 0.408 e. The van der Waals surface area contributed by atoms with E-state index in [4.69, 9.17) is 13.8 Å². The summed E-state index contributed by atoms with van der Waals surface area (Å²) in [6.07, 6.45) is -0.724. The van der Waals surface area contributed by atoms with E-state index in [1.807, 2.05) is 60.7 Å². The van der Waals surface area contributed by atoms with Gasteiger partial charge in [-0.15, -0.1) is 11.8 Å². The summed E-state index contributed by atoms with van der Waals surface area (Å²) in [5, 5.41) is 5.28. The first-order valence-corrected chi connectivity index (χ1v) is 13.3. The van der Waals surface area contributed by atoms with Gasteiger partial charge in [0.05, 0.1) is 13.2 Å². The van der Waals surface area contributed by atoms with Crippen molar-refractivity contribution in [3.63, 3.8) is 0 Å². The fourth-order valence-corrected chi connectivity index (χ4v) is 5.26. The maximum absolute atomic E-state index is 13.0. The Morgan fingerprint density at radius 3 is 2.09 bits per heavy atom. The molecule has 0 radical (unpaired) electrons. The molecule has 0 aliphatic rings. The van der Waals surface area contributed by atoms with Crippen LogP contribution in [0.15, 0.2) is 65.6 Å². The molecule has 2 aromatic carbocycles. The van der Waals surface area contributed by atoms with Gasteiger partial charge < -0.3 is 24.4 Å². The third kappa shape index (κ3) is 9.21.